The molecule has 1 heterocycles. The number of ether oxygens (including phenoxy) is 4. The summed E-state index contributed by atoms with van der Waals surface area (Å²) in [6.07, 6.45) is 3.19. The maximum Gasteiger partial charge on any atom is 0.161 e. The van der Waals surface area contributed by atoms with E-state index in [0.717, 1.165) is 36.5 Å². The lowest BCUT2D eigenvalue weighted by Crippen LogP contribution is -2.24. The largest absolute Gasteiger partial charge is 0.487 e. The fraction of sp³-hybridized carbons (Fsp3) is 0.400. The third kappa shape index (κ3) is 5.25. The minimum absolute atomic E-state index is 0.0769. The Bertz CT molecular complexity index is 594. The van der Waals surface area contributed by atoms with Gasteiger partial charge in [0.1, 0.15) is 13.2 Å². The summed E-state index contributed by atoms with van der Waals surface area (Å²) in [7, 11) is 0. The first-order valence-electron chi connectivity index (χ1n) is 8.53. The second kappa shape index (κ2) is 9.30. The molecule has 0 radical (unpaired) electrons. The van der Waals surface area contributed by atoms with Crippen LogP contribution in [0.5, 0.6) is 11.5 Å². The third-order valence-corrected chi connectivity index (χ3v) is 3.87. The quantitative estimate of drug-likeness (QED) is 0.681. The molecule has 0 aromatic heterocycles. The van der Waals surface area contributed by atoms with Crippen molar-refractivity contribution in [2.45, 2.75) is 32.2 Å². The summed E-state index contributed by atoms with van der Waals surface area (Å²) in [6, 6.07) is 17.8. The summed E-state index contributed by atoms with van der Waals surface area (Å²) in [5.74, 6) is 1.48. The van der Waals surface area contributed by atoms with Crippen molar-refractivity contribution in [3.05, 3.63) is 60.2 Å². The van der Waals surface area contributed by atoms with Crippen LogP contribution in [0.25, 0.3) is 0 Å². The lowest BCUT2D eigenvalue weighted by molar-refractivity contribution is -0.165. The van der Waals surface area contributed by atoms with E-state index in [9.17, 15) is 0 Å². The van der Waals surface area contributed by atoms with Crippen LogP contribution in [0.3, 0.4) is 0 Å². The van der Waals surface area contributed by atoms with Crippen LogP contribution in [0, 0.1) is 0 Å². The van der Waals surface area contributed by atoms with Crippen molar-refractivity contribution in [1.29, 1.82) is 0 Å². The van der Waals surface area contributed by atoms with Crippen molar-refractivity contribution in [1.82, 2.24) is 0 Å². The van der Waals surface area contributed by atoms with Crippen molar-refractivity contribution >= 4 is 0 Å². The number of para-hydroxylation sites is 2. The summed E-state index contributed by atoms with van der Waals surface area (Å²) < 4.78 is 22.9. The van der Waals surface area contributed by atoms with Crippen LogP contribution < -0.4 is 9.47 Å². The van der Waals surface area contributed by atoms with Gasteiger partial charge in [-0.1, -0.05) is 42.5 Å². The van der Waals surface area contributed by atoms with E-state index in [4.69, 9.17) is 18.9 Å². The Hall–Kier alpha value is -2.04. The molecule has 1 saturated heterocycles. The number of rotatable bonds is 8. The van der Waals surface area contributed by atoms with Crippen molar-refractivity contribution in [2.24, 2.45) is 0 Å². The first kappa shape index (κ1) is 16.8. The van der Waals surface area contributed by atoms with E-state index in [-0.39, 0.29) is 6.29 Å². The van der Waals surface area contributed by atoms with Gasteiger partial charge in [-0.25, -0.2) is 0 Å². The first-order chi connectivity index (χ1) is 11.9. The van der Waals surface area contributed by atoms with E-state index in [1.165, 1.54) is 6.42 Å². The first-order valence-corrected chi connectivity index (χ1v) is 8.53. The summed E-state index contributed by atoms with van der Waals surface area (Å²) in [4.78, 5) is 0. The Morgan fingerprint density at radius 2 is 1.58 bits per heavy atom. The summed E-state index contributed by atoms with van der Waals surface area (Å²) in [6.45, 7) is 2.30. The molecular formula is C20H24O4. The van der Waals surface area contributed by atoms with Crippen LogP contribution in [0.4, 0.5) is 0 Å². The molecule has 0 amide bonds. The predicted molar refractivity (Wildman–Crippen MR) is 92.3 cm³/mol. The molecule has 1 atom stereocenters. The lowest BCUT2D eigenvalue weighted by atomic mass is 10.2. The van der Waals surface area contributed by atoms with E-state index in [1.54, 1.807) is 0 Å². The monoisotopic (exact) mass is 328 g/mol. The van der Waals surface area contributed by atoms with Gasteiger partial charge in [-0.2, -0.15) is 0 Å². The Morgan fingerprint density at radius 1 is 0.833 bits per heavy atom. The molecule has 0 aliphatic carbocycles. The molecule has 1 fully saturated rings. The van der Waals surface area contributed by atoms with Crippen LogP contribution in [-0.4, -0.2) is 26.1 Å². The molecule has 4 heteroatoms. The molecule has 0 N–H and O–H groups in total. The lowest BCUT2D eigenvalue weighted by Gasteiger charge is -2.22. The molecule has 1 aliphatic heterocycles. The highest BCUT2D eigenvalue weighted by molar-refractivity contribution is 5.39. The van der Waals surface area contributed by atoms with Crippen LogP contribution in [-0.2, 0) is 16.1 Å². The van der Waals surface area contributed by atoms with Crippen LogP contribution >= 0.6 is 0 Å². The second-order valence-electron chi connectivity index (χ2n) is 5.74. The molecule has 1 unspecified atom stereocenters. The summed E-state index contributed by atoms with van der Waals surface area (Å²) in [5, 5.41) is 0. The number of benzene rings is 2. The van der Waals surface area contributed by atoms with E-state index in [0.29, 0.717) is 19.8 Å². The van der Waals surface area contributed by atoms with Gasteiger partial charge in [0.05, 0.1) is 6.61 Å². The van der Waals surface area contributed by atoms with Crippen molar-refractivity contribution in [3.63, 3.8) is 0 Å². The van der Waals surface area contributed by atoms with Gasteiger partial charge >= 0.3 is 0 Å². The number of hydrogen-bond donors (Lipinski definition) is 0. The standard InChI is InChI=1S/C20H24O4/c1-2-8-17(9-3-1)16-24-19-11-5-4-10-18(19)21-14-15-23-20-12-6-7-13-22-20/h1-5,8-11,20H,6-7,12-16H2. The van der Waals surface area contributed by atoms with Gasteiger partial charge < -0.3 is 18.9 Å². The van der Waals surface area contributed by atoms with E-state index in [1.807, 2.05) is 54.6 Å². The SMILES string of the molecule is c1ccc(COc2ccccc2OCCOC2CCCCO2)cc1. The molecule has 128 valence electrons. The average molecular weight is 328 g/mol. The highest BCUT2D eigenvalue weighted by Crippen LogP contribution is 2.27. The fourth-order valence-electron chi connectivity index (χ4n) is 2.60. The second-order valence-corrected chi connectivity index (χ2v) is 5.74. The topological polar surface area (TPSA) is 36.9 Å². The smallest absolute Gasteiger partial charge is 0.161 e. The van der Waals surface area contributed by atoms with Crippen LogP contribution in [0.1, 0.15) is 24.8 Å². The van der Waals surface area contributed by atoms with Gasteiger partial charge in [-0.3, -0.25) is 0 Å². The zero-order valence-corrected chi connectivity index (χ0v) is 13.9. The average Bonchev–Trinajstić information content (AvgIpc) is 2.66. The van der Waals surface area contributed by atoms with Crippen molar-refractivity contribution < 1.29 is 18.9 Å². The van der Waals surface area contributed by atoms with E-state index in [2.05, 4.69) is 0 Å². The van der Waals surface area contributed by atoms with E-state index < -0.39 is 0 Å². The van der Waals surface area contributed by atoms with Gasteiger partial charge in [0, 0.05) is 6.61 Å². The molecule has 0 spiro atoms. The van der Waals surface area contributed by atoms with Crippen LogP contribution in [0.2, 0.25) is 0 Å². The summed E-state index contributed by atoms with van der Waals surface area (Å²) in [5.41, 5.74) is 1.13. The molecule has 2 aromatic carbocycles. The molecule has 1 aliphatic rings. The minimum Gasteiger partial charge on any atom is -0.487 e. The Kier molecular flexibility index (Phi) is 6.51. The normalized spacial score (nSPS) is 17.4. The fourth-order valence-corrected chi connectivity index (χ4v) is 2.60. The van der Waals surface area contributed by atoms with Gasteiger partial charge in [0.25, 0.3) is 0 Å². The molecule has 2 aromatic rings. The van der Waals surface area contributed by atoms with Gasteiger partial charge in [-0.15, -0.1) is 0 Å². The molecule has 0 saturated carbocycles. The van der Waals surface area contributed by atoms with Crippen LogP contribution in [0.15, 0.2) is 54.6 Å². The highest BCUT2D eigenvalue weighted by atomic mass is 16.7. The molecule has 3 rings (SSSR count). The van der Waals surface area contributed by atoms with Gasteiger partial charge in [0.2, 0.25) is 0 Å². The Labute approximate surface area is 143 Å². The third-order valence-electron chi connectivity index (χ3n) is 3.87. The Morgan fingerprint density at radius 3 is 2.33 bits per heavy atom. The molecule has 0 bridgehead atoms. The highest BCUT2D eigenvalue weighted by Gasteiger charge is 2.13. The predicted octanol–water partition coefficient (Wildman–Crippen LogP) is 4.19. The van der Waals surface area contributed by atoms with Crippen molar-refractivity contribution in [2.75, 3.05) is 19.8 Å². The maximum absolute atomic E-state index is 5.88. The molecular weight excluding hydrogens is 304 g/mol. The van der Waals surface area contributed by atoms with Gasteiger partial charge in [0.15, 0.2) is 17.8 Å². The maximum atomic E-state index is 5.88. The molecule has 4 nitrogen and oxygen atoms in total. The zero-order chi connectivity index (χ0) is 16.5. The van der Waals surface area contributed by atoms with Gasteiger partial charge in [-0.05, 0) is 37.0 Å². The Balaban J connectivity index is 1.45. The number of hydrogen-bond acceptors (Lipinski definition) is 4. The van der Waals surface area contributed by atoms with E-state index >= 15 is 0 Å². The minimum atomic E-state index is -0.0769. The summed E-state index contributed by atoms with van der Waals surface area (Å²) >= 11 is 0. The molecule has 24 heavy (non-hydrogen) atoms. The zero-order valence-electron chi connectivity index (χ0n) is 13.9. The van der Waals surface area contributed by atoms with Crippen molar-refractivity contribution in [3.8, 4) is 11.5 Å².